The van der Waals surface area contributed by atoms with E-state index in [4.69, 9.17) is 0 Å². The summed E-state index contributed by atoms with van der Waals surface area (Å²) < 4.78 is 0. The van der Waals surface area contributed by atoms with Gasteiger partial charge in [0.25, 0.3) is 0 Å². The van der Waals surface area contributed by atoms with Gasteiger partial charge in [-0.2, -0.15) is 0 Å². The molecule has 1 spiro atoms. The summed E-state index contributed by atoms with van der Waals surface area (Å²) in [5.74, 6) is 0.142. The lowest BCUT2D eigenvalue weighted by molar-refractivity contribution is -0.117. The number of amides is 1. The first-order chi connectivity index (χ1) is 8.17. The largest absolute Gasteiger partial charge is 0.377 e. The van der Waals surface area contributed by atoms with Gasteiger partial charge in [0, 0.05) is 12.0 Å². The van der Waals surface area contributed by atoms with Crippen molar-refractivity contribution in [2.75, 3.05) is 10.6 Å². The fourth-order valence-electron chi connectivity index (χ4n) is 3.06. The lowest BCUT2D eigenvalue weighted by Crippen LogP contribution is -2.36. The molecule has 1 heterocycles. The normalized spacial score (nSPS) is 21.6. The number of nitrogens with one attached hydrogen (secondary N) is 2. The molecule has 1 aliphatic heterocycles. The van der Waals surface area contributed by atoms with Crippen LogP contribution in [-0.4, -0.2) is 11.4 Å². The zero-order valence-electron chi connectivity index (χ0n) is 10.2. The average Bonchev–Trinajstić information content (AvgIpc) is 2.64. The van der Waals surface area contributed by atoms with Crippen LogP contribution in [0.15, 0.2) is 18.2 Å². The number of fused-ring (bicyclic) bond motifs is 1. The van der Waals surface area contributed by atoms with Gasteiger partial charge in [-0.1, -0.05) is 18.9 Å². The summed E-state index contributed by atoms with van der Waals surface area (Å²) in [5, 5.41) is 6.62. The van der Waals surface area contributed by atoms with Gasteiger partial charge in [0.2, 0.25) is 5.91 Å². The second kappa shape index (κ2) is 3.76. The molecule has 0 atom stereocenters. The molecule has 0 bridgehead atoms. The van der Waals surface area contributed by atoms with Crippen molar-refractivity contribution in [2.24, 2.45) is 0 Å². The van der Waals surface area contributed by atoms with Gasteiger partial charge in [0.15, 0.2) is 0 Å². The van der Waals surface area contributed by atoms with Gasteiger partial charge in [-0.05, 0) is 37.5 Å². The Bertz CT molecular complexity index is 461. The minimum Gasteiger partial charge on any atom is -0.377 e. The SMILES string of the molecule is Cc1ccc2c(c1)NC(=O)CC1(CCCC1)N2. The van der Waals surface area contributed by atoms with Crippen molar-refractivity contribution < 1.29 is 4.79 Å². The Hall–Kier alpha value is -1.51. The van der Waals surface area contributed by atoms with Gasteiger partial charge in [-0.3, -0.25) is 4.79 Å². The molecule has 1 amide bonds. The molecule has 17 heavy (non-hydrogen) atoms. The molecule has 2 N–H and O–H groups in total. The van der Waals surface area contributed by atoms with E-state index < -0.39 is 0 Å². The van der Waals surface area contributed by atoms with E-state index in [-0.39, 0.29) is 11.4 Å². The first-order valence-corrected chi connectivity index (χ1v) is 6.36. The summed E-state index contributed by atoms with van der Waals surface area (Å²) in [5.41, 5.74) is 3.18. The molecule has 3 rings (SSSR count). The van der Waals surface area contributed by atoms with Crippen LogP contribution in [0.5, 0.6) is 0 Å². The molecule has 0 unspecified atom stereocenters. The van der Waals surface area contributed by atoms with Crippen LogP contribution in [0, 0.1) is 6.92 Å². The molecular weight excluding hydrogens is 212 g/mol. The van der Waals surface area contributed by atoms with Crippen LogP contribution in [-0.2, 0) is 4.79 Å². The van der Waals surface area contributed by atoms with Gasteiger partial charge in [-0.15, -0.1) is 0 Å². The van der Waals surface area contributed by atoms with E-state index in [1.54, 1.807) is 0 Å². The van der Waals surface area contributed by atoms with Crippen molar-refractivity contribution in [1.29, 1.82) is 0 Å². The van der Waals surface area contributed by atoms with E-state index in [1.807, 2.05) is 13.0 Å². The van der Waals surface area contributed by atoms with Crippen LogP contribution in [0.2, 0.25) is 0 Å². The number of hydrogen-bond acceptors (Lipinski definition) is 2. The number of anilines is 2. The number of hydrogen-bond donors (Lipinski definition) is 2. The summed E-state index contributed by atoms with van der Waals surface area (Å²) in [4.78, 5) is 12.0. The van der Waals surface area contributed by atoms with Gasteiger partial charge >= 0.3 is 0 Å². The topological polar surface area (TPSA) is 41.1 Å². The van der Waals surface area contributed by atoms with Crippen molar-refractivity contribution in [3.05, 3.63) is 23.8 Å². The number of benzene rings is 1. The zero-order chi connectivity index (χ0) is 11.9. The number of carbonyl (C=O) groups is 1. The lowest BCUT2D eigenvalue weighted by atomic mass is 9.93. The van der Waals surface area contributed by atoms with Gasteiger partial charge in [-0.25, -0.2) is 0 Å². The minimum absolute atomic E-state index is 0.00455. The summed E-state index contributed by atoms with van der Waals surface area (Å²) in [7, 11) is 0. The Labute approximate surface area is 102 Å². The molecule has 0 saturated heterocycles. The van der Waals surface area contributed by atoms with E-state index in [1.165, 1.54) is 18.4 Å². The molecule has 3 heteroatoms. The molecule has 0 aromatic heterocycles. The maximum Gasteiger partial charge on any atom is 0.226 e. The number of aryl methyl sites for hydroxylation is 1. The van der Waals surface area contributed by atoms with Crippen molar-refractivity contribution in [3.63, 3.8) is 0 Å². The van der Waals surface area contributed by atoms with Crippen LogP contribution in [0.1, 0.15) is 37.7 Å². The standard InChI is InChI=1S/C14H18N2O/c1-10-4-5-11-12(8-10)15-13(17)9-14(16-11)6-2-3-7-14/h4-5,8,16H,2-3,6-7,9H2,1H3,(H,15,17). The number of rotatable bonds is 0. The van der Waals surface area contributed by atoms with Crippen molar-refractivity contribution in [3.8, 4) is 0 Å². The van der Waals surface area contributed by atoms with Crippen LogP contribution in [0.3, 0.4) is 0 Å². The molecule has 3 nitrogen and oxygen atoms in total. The highest BCUT2D eigenvalue weighted by Gasteiger charge is 2.38. The number of carbonyl (C=O) groups excluding carboxylic acids is 1. The summed E-state index contributed by atoms with van der Waals surface area (Å²) >= 11 is 0. The lowest BCUT2D eigenvalue weighted by Gasteiger charge is -2.28. The quantitative estimate of drug-likeness (QED) is 0.719. The third kappa shape index (κ3) is 1.90. The monoisotopic (exact) mass is 230 g/mol. The Morgan fingerprint density at radius 1 is 1.18 bits per heavy atom. The summed E-state index contributed by atoms with van der Waals surface area (Å²) in [6.07, 6.45) is 5.26. The van der Waals surface area contributed by atoms with Crippen LogP contribution < -0.4 is 10.6 Å². The van der Waals surface area contributed by atoms with Gasteiger partial charge in [0.05, 0.1) is 11.4 Å². The smallest absolute Gasteiger partial charge is 0.226 e. The predicted molar refractivity (Wildman–Crippen MR) is 69.2 cm³/mol. The molecule has 1 aromatic carbocycles. The minimum atomic E-state index is 0.00455. The van der Waals surface area contributed by atoms with E-state index in [2.05, 4.69) is 22.8 Å². The highest BCUT2D eigenvalue weighted by Crippen LogP contribution is 2.40. The van der Waals surface area contributed by atoms with E-state index in [9.17, 15) is 4.79 Å². The second-order valence-electron chi connectivity index (χ2n) is 5.39. The first kappa shape index (κ1) is 10.6. The molecule has 90 valence electrons. The van der Waals surface area contributed by atoms with E-state index in [0.29, 0.717) is 6.42 Å². The molecule has 1 saturated carbocycles. The Balaban J connectivity index is 2.01. The van der Waals surface area contributed by atoms with E-state index >= 15 is 0 Å². The van der Waals surface area contributed by atoms with E-state index in [0.717, 1.165) is 24.2 Å². The highest BCUT2D eigenvalue weighted by molar-refractivity contribution is 5.97. The molecule has 1 fully saturated rings. The van der Waals surface area contributed by atoms with Crippen LogP contribution in [0.4, 0.5) is 11.4 Å². The third-order valence-electron chi connectivity index (χ3n) is 3.91. The molecule has 2 aliphatic rings. The Morgan fingerprint density at radius 3 is 2.71 bits per heavy atom. The highest BCUT2D eigenvalue weighted by atomic mass is 16.1. The molecule has 1 aliphatic carbocycles. The van der Waals surface area contributed by atoms with Crippen LogP contribution >= 0.6 is 0 Å². The first-order valence-electron chi connectivity index (χ1n) is 6.36. The fraction of sp³-hybridized carbons (Fsp3) is 0.500. The van der Waals surface area contributed by atoms with Crippen LogP contribution in [0.25, 0.3) is 0 Å². The second-order valence-corrected chi connectivity index (χ2v) is 5.39. The maximum atomic E-state index is 12.0. The van der Waals surface area contributed by atoms with Crippen molar-refractivity contribution in [2.45, 2.75) is 44.6 Å². The molecule has 1 aromatic rings. The zero-order valence-corrected chi connectivity index (χ0v) is 10.2. The summed E-state index contributed by atoms with van der Waals surface area (Å²) in [6, 6.07) is 6.20. The third-order valence-corrected chi connectivity index (χ3v) is 3.91. The van der Waals surface area contributed by atoms with Gasteiger partial charge < -0.3 is 10.6 Å². The Kier molecular flexibility index (Phi) is 2.35. The van der Waals surface area contributed by atoms with Crippen molar-refractivity contribution >= 4 is 17.3 Å². The fourth-order valence-corrected chi connectivity index (χ4v) is 3.06. The Morgan fingerprint density at radius 2 is 1.94 bits per heavy atom. The molecular formula is C14H18N2O. The average molecular weight is 230 g/mol. The van der Waals surface area contributed by atoms with Gasteiger partial charge in [0.1, 0.15) is 0 Å². The molecule has 0 radical (unpaired) electrons. The predicted octanol–water partition coefficient (Wildman–Crippen LogP) is 3.06. The van der Waals surface area contributed by atoms with Crippen molar-refractivity contribution in [1.82, 2.24) is 0 Å². The maximum absolute atomic E-state index is 12.0. The summed E-state index contributed by atoms with van der Waals surface area (Å²) in [6.45, 7) is 2.04.